The minimum absolute atomic E-state index is 0.132. The van der Waals surface area contributed by atoms with Crippen molar-refractivity contribution in [2.24, 2.45) is 0 Å². The number of hydrogen-bond donors (Lipinski definition) is 2. The zero-order valence-corrected chi connectivity index (χ0v) is 5.68. The third-order valence-electron chi connectivity index (χ3n) is 0.874. The zero-order valence-electron chi connectivity index (χ0n) is 4.87. The molecule has 1 aromatic heterocycles. The molecule has 1 rings (SSSR count). The van der Waals surface area contributed by atoms with Gasteiger partial charge in [0, 0.05) is 6.20 Å². The molecule has 0 saturated carbocycles. The summed E-state index contributed by atoms with van der Waals surface area (Å²) in [6.45, 7) is 0. The van der Waals surface area contributed by atoms with Crippen molar-refractivity contribution >= 4 is 18.2 Å². The Labute approximate surface area is 61.6 Å². The van der Waals surface area contributed by atoms with E-state index in [9.17, 15) is 4.79 Å². The van der Waals surface area contributed by atoms with E-state index in [2.05, 4.69) is 22.2 Å². The molecule has 5 heteroatoms. The highest BCUT2D eigenvalue weighted by Crippen LogP contribution is 1.88. The van der Waals surface area contributed by atoms with Crippen LogP contribution in [-0.4, -0.2) is 21.0 Å². The van der Waals surface area contributed by atoms with Crippen LogP contribution in [-0.2, 0) is 0 Å². The third kappa shape index (κ3) is 1.38. The van der Waals surface area contributed by atoms with E-state index in [4.69, 9.17) is 5.11 Å². The lowest BCUT2D eigenvalue weighted by atomic mass is 10.6. The first kappa shape index (κ1) is 6.88. The molecule has 4 nitrogen and oxygen atoms in total. The summed E-state index contributed by atoms with van der Waals surface area (Å²) < 4.78 is 0.368. The summed E-state index contributed by atoms with van der Waals surface area (Å²) in [5, 5.41) is 8.37. The monoisotopic (exact) mass is 156 g/mol. The lowest BCUT2D eigenvalue weighted by Gasteiger charge is -1.89. The second kappa shape index (κ2) is 2.57. The van der Waals surface area contributed by atoms with Gasteiger partial charge in [-0.2, -0.15) is 0 Å². The molecular weight excluding hydrogens is 152 g/mol. The van der Waals surface area contributed by atoms with Crippen molar-refractivity contribution < 1.29 is 9.90 Å². The topological polar surface area (TPSA) is 66.0 Å². The Bertz CT molecular complexity index is 307. The molecule has 2 N–H and O–H groups in total. The second-order valence-electron chi connectivity index (χ2n) is 1.59. The number of carboxylic acid groups (broad SMARTS) is 1. The Morgan fingerprint density at radius 1 is 1.80 bits per heavy atom. The second-order valence-corrected chi connectivity index (χ2v) is 2.03. The number of rotatable bonds is 1. The molecule has 10 heavy (non-hydrogen) atoms. The fraction of sp³-hybridized carbons (Fsp3) is 0. The molecule has 0 amide bonds. The van der Waals surface area contributed by atoms with Crippen LogP contribution in [0.4, 0.5) is 0 Å². The van der Waals surface area contributed by atoms with Crippen molar-refractivity contribution in [2.45, 2.75) is 0 Å². The van der Waals surface area contributed by atoms with Crippen LogP contribution >= 0.6 is 12.2 Å². The number of carbonyl (C=O) groups is 1. The summed E-state index contributed by atoms with van der Waals surface area (Å²) in [7, 11) is 0. The van der Waals surface area contributed by atoms with Gasteiger partial charge in [-0.15, -0.1) is 0 Å². The van der Waals surface area contributed by atoms with Gasteiger partial charge in [-0.3, -0.25) is 0 Å². The number of nitrogens with one attached hydrogen (secondary N) is 1. The minimum atomic E-state index is -1.10. The van der Waals surface area contributed by atoms with Crippen LogP contribution < -0.4 is 0 Å². The van der Waals surface area contributed by atoms with Crippen molar-refractivity contribution in [3.63, 3.8) is 0 Å². The lowest BCUT2D eigenvalue weighted by molar-refractivity contribution is 0.0683. The van der Waals surface area contributed by atoms with Gasteiger partial charge in [-0.1, -0.05) is 12.2 Å². The van der Waals surface area contributed by atoms with E-state index in [1.165, 1.54) is 12.3 Å². The van der Waals surface area contributed by atoms with Gasteiger partial charge in [-0.25, -0.2) is 9.78 Å². The first-order valence-corrected chi connectivity index (χ1v) is 2.89. The van der Waals surface area contributed by atoms with E-state index in [-0.39, 0.29) is 5.82 Å². The average Bonchev–Trinajstić information content (AvgIpc) is 1.88. The molecule has 0 bridgehead atoms. The maximum Gasteiger partial charge on any atom is 0.371 e. The maximum absolute atomic E-state index is 10.2. The van der Waals surface area contributed by atoms with Crippen molar-refractivity contribution in [3.8, 4) is 0 Å². The van der Waals surface area contributed by atoms with Crippen LogP contribution in [0.2, 0.25) is 0 Å². The SMILES string of the molecule is O=C(O)c1nccc(=S)[nH]1. The van der Waals surface area contributed by atoms with E-state index in [1.54, 1.807) is 0 Å². The van der Waals surface area contributed by atoms with Crippen molar-refractivity contribution in [3.05, 3.63) is 22.7 Å². The highest BCUT2D eigenvalue weighted by Gasteiger charge is 2.01. The number of carboxylic acids is 1. The van der Waals surface area contributed by atoms with E-state index in [0.29, 0.717) is 4.64 Å². The van der Waals surface area contributed by atoms with Gasteiger partial charge < -0.3 is 10.1 Å². The van der Waals surface area contributed by atoms with Crippen LogP contribution in [0.1, 0.15) is 10.6 Å². The largest absolute Gasteiger partial charge is 0.475 e. The molecule has 0 fully saturated rings. The predicted octanol–water partition coefficient (Wildman–Crippen LogP) is 0.837. The molecule has 52 valence electrons. The highest BCUT2D eigenvalue weighted by atomic mass is 32.1. The quantitative estimate of drug-likeness (QED) is 0.591. The fourth-order valence-electron chi connectivity index (χ4n) is 0.479. The number of nitrogens with zero attached hydrogens (tertiary/aromatic N) is 1. The number of hydrogen-bond acceptors (Lipinski definition) is 3. The van der Waals surface area contributed by atoms with Gasteiger partial charge >= 0.3 is 5.97 Å². The Balaban J connectivity index is 3.20. The Morgan fingerprint density at radius 2 is 2.50 bits per heavy atom. The minimum Gasteiger partial charge on any atom is -0.475 e. The van der Waals surface area contributed by atoms with E-state index >= 15 is 0 Å². The van der Waals surface area contributed by atoms with Gasteiger partial charge in [0.15, 0.2) is 0 Å². The molecule has 0 atom stereocenters. The molecule has 0 aliphatic carbocycles. The standard InChI is InChI=1S/C5H4N2O2S/c8-5(9)4-6-2-1-3(10)7-4/h1-2H,(H,8,9)(H,6,7,10). The number of aromatic nitrogens is 2. The Kier molecular flexibility index (Phi) is 1.77. The first-order valence-electron chi connectivity index (χ1n) is 2.49. The van der Waals surface area contributed by atoms with Gasteiger partial charge in [0.05, 0.1) is 0 Å². The smallest absolute Gasteiger partial charge is 0.371 e. The number of aromatic amines is 1. The van der Waals surface area contributed by atoms with Crippen LogP contribution in [0.3, 0.4) is 0 Å². The molecule has 0 aliphatic heterocycles. The average molecular weight is 156 g/mol. The highest BCUT2D eigenvalue weighted by molar-refractivity contribution is 7.71. The van der Waals surface area contributed by atoms with Crippen LogP contribution in [0.25, 0.3) is 0 Å². The molecule has 0 aliphatic rings. The van der Waals surface area contributed by atoms with Gasteiger partial charge in [0.2, 0.25) is 5.82 Å². The predicted molar refractivity (Wildman–Crippen MR) is 36.4 cm³/mol. The van der Waals surface area contributed by atoms with Crippen molar-refractivity contribution in [1.82, 2.24) is 9.97 Å². The summed E-state index contributed by atoms with van der Waals surface area (Å²) in [6.07, 6.45) is 1.35. The van der Waals surface area contributed by atoms with Crippen LogP contribution in [0.15, 0.2) is 12.3 Å². The normalized spacial score (nSPS) is 9.20. The summed E-state index contributed by atoms with van der Waals surface area (Å²) >= 11 is 4.66. The molecule has 0 radical (unpaired) electrons. The number of H-pyrrole nitrogens is 1. The van der Waals surface area contributed by atoms with Crippen molar-refractivity contribution in [2.75, 3.05) is 0 Å². The summed E-state index contributed by atoms with van der Waals surface area (Å²) in [6, 6.07) is 1.52. The van der Waals surface area contributed by atoms with Gasteiger partial charge in [-0.05, 0) is 6.07 Å². The van der Waals surface area contributed by atoms with Gasteiger partial charge in [0.1, 0.15) is 4.64 Å². The van der Waals surface area contributed by atoms with E-state index < -0.39 is 5.97 Å². The summed E-state index contributed by atoms with van der Waals surface area (Å²) in [4.78, 5) is 16.1. The maximum atomic E-state index is 10.2. The van der Waals surface area contributed by atoms with Crippen LogP contribution in [0, 0.1) is 4.64 Å². The number of aromatic carboxylic acids is 1. The molecule has 1 heterocycles. The van der Waals surface area contributed by atoms with Gasteiger partial charge in [0.25, 0.3) is 0 Å². The van der Waals surface area contributed by atoms with E-state index in [0.717, 1.165) is 0 Å². The van der Waals surface area contributed by atoms with Crippen LogP contribution in [0.5, 0.6) is 0 Å². The lowest BCUT2D eigenvalue weighted by Crippen LogP contribution is -2.02. The molecule has 0 unspecified atom stereocenters. The Hall–Kier alpha value is -1.23. The Morgan fingerprint density at radius 3 is 2.90 bits per heavy atom. The first-order chi connectivity index (χ1) is 4.70. The molecule has 0 spiro atoms. The fourth-order valence-corrected chi connectivity index (χ4v) is 0.636. The molecule has 0 saturated heterocycles. The molecule has 0 aromatic carbocycles. The summed E-state index contributed by atoms with van der Waals surface area (Å²) in [5.41, 5.74) is 0. The molecule has 1 aromatic rings. The van der Waals surface area contributed by atoms with Crippen molar-refractivity contribution in [1.29, 1.82) is 0 Å². The third-order valence-corrected chi connectivity index (χ3v) is 1.11. The molecular formula is C5H4N2O2S. The van der Waals surface area contributed by atoms with E-state index in [1.807, 2.05) is 0 Å². The zero-order chi connectivity index (χ0) is 7.56. The summed E-state index contributed by atoms with van der Waals surface area (Å²) in [5.74, 6) is -1.24.